The van der Waals surface area contributed by atoms with Gasteiger partial charge < -0.3 is 9.72 Å². The molecule has 0 radical (unpaired) electrons. The summed E-state index contributed by atoms with van der Waals surface area (Å²) in [5.74, 6) is 1.14. The van der Waals surface area contributed by atoms with Gasteiger partial charge in [-0.05, 0) is 42.4 Å². The molecule has 1 fully saturated rings. The molecular formula is C10H13IN2O2. The van der Waals surface area contributed by atoms with E-state index in [1.165, 1.54) is 0 Å². The van der Waals surface area contributed by atoms with E-state index in [1.807, 2.05) is 6.92 Å². The van der Waals surface area contributed by atoms with Crippen molar-refractivity contribution in [2.45, 2.75) is 32.3 Å². The molecule has 1 N–H and O–H groups in total. The Balaban J connectivity index is 2.29. The summed E-state index contributed by atoms with van der Waals surface area (Å²) in [5, 5.41) is 0. The first-order valence-electron chi connectivity index (χ1n) is 5.08. The van der Waals surface area contributed by atoms with E-state index in [0.29, 0.717) is 25.0 Å². The van der Waals surface area contributed by atoms with Crippen LogP contribution in [0, 0.1) is 3.57 Å². The first kappa shape index (κ1) is 11.1. The highest BCUT2D eigenvalue weighted by molar-refractivity contribution is 14.1. The van der Waals surface area contributed by atoms with E-state index < -0.39 is 0 Å². The fourth-order valence-corrected chi connectivity index (χ4v) is 2.11. The maximum Gasteiger partial charge on any atom is 0.264 e. The number of halogens is 1. The van der Waals surface area contributed by atoms with Gasteiger partial charge in [-0.25, -0.2) is 4.98 Å². The summed E-state index contributed by atoms with van der Waals surface area (Å²) < 4.78 is 5.97. The van der Waals surface area contributed by atoms with Gasteiger partial charge in [-0.1, -0.05) is 0 Å². The van der Waals surface area contributed by atoms with Crippen LogP contribution in [0.15, 0.2) is 4.79 Å². The molecule has 1 aliphatic rings. The number of rotatable bonds is 4. The minimum atomic E-state index is -0.0396. The second kappa shape index (κ2) is 4.61. The van der Waals surface area contributed by atoms with Crippen molar-refractivity contribution in [2.75, 3.05) is 6.61 Å². The minimum absolute atomic E-state index is 0.0396. The molecule has 0 aliphatic heterocycles. The summed E-state index contributed by atoms with van der Waals surface area (Å²) in [5.41, 5.74) is 0.913. The summed E-state index contributed by atoms with van der Waals surface area (Å²) >= 11 is 2.07. The molecule has 1 saturated carbocycles. The predicted molar refractivity (Wildman–Crippen MR) is 64.9 cm³/mol. The molecule has 0 aromatic carbocycles. The standard InChI is InChI=1S/C10H13IN2O2/c1-2-15-5-7-12-9(6-3-4-6)8(11)10(14)13-7/h6H,2-5H2,1H3,(H,12,13,14). The molecule has 0 bridgehead atoms. The zero-order chi connectivity index (χ0) is 10.8. The molecule has 5 heteroatoms. The van der Waals surface area contributed by atoms with Gasteiger partial charge in [0.25, 0.3) is 5.56 Å². The Morgan fingerprint density at radius 1 is 1.60 bits per heavy atom. The molecule has 0 atom stereocenters. The topological polar surface area (TPSA) is 55.0 Å². The Morgan fingerprint density at radius 3 is 2.93 bits per heavy atom. The van der Waals surface area contributed by atoms with Gasteiger partial charge in [-0.2, -0.15) is 0 Å². The van der Waals surface area contributed by atoms with Gasteiger partial charge in [0.2, 0.25) is 0 Å². The fourth-order valence-electron chi connectivity index (χ4n) is 1.42. The zero-order valence-electron chi connectivity index (χ0n) is 8.55. The third-order valence-corrected chi connectivity index (χ3v) is 3.39. The van der Waals surface area contributed by atoms with E-state index in [-0.39, 0.29) is 5.56 Å². The molecule has 4 nitrogen and oxygen atoms in total. The van der Waals surface area contributed by atoms with Crippen LogP contribution in [0.5, 0.6) is 0 Å². The third kappa shape index (κ3) is 2.57. The first-order chi connectivity index (χ1) is 7.22. The van der Waals surface area contributed by atoms with Gasteiger partial charge in [0.05, 0.1) is 9.26 Å². The van der Waals surface area contributed by atoms with Crippen LogP contribution in [0.2, 0.25) is 0 Å². The van der Waals surface area contributed by atoms with Crippen LogP contribution in [0.25, 0.3) is 0 Å². The average molecular weight is 320 g/mol. The second-order valence-electron chi connectivity index (χ2n) is 3.62. The molecule has 0 unspecified atom stereocenters. The largest absolute Gasteiger partial charge is 0.374 e. The number of nitrogens with one attached hydrogen (secondary N) is 1. The Hall–Kier alpha value is -0.430. The molecule has 0 spiro atoms. The predicted octanol–water partition coefficient (Wildman–Crippen LogP) is 1.79. The lowest BCUT2D eigenvalue weighted by molar-refractivity contribution is 0.128. The number of H-pyrrole nitrogens is 1. The Kier molecular flexibility index (Phi) is 3.40. The highest BCUT2D eigenvalue weighted by Gasteiger charge is 2.28. The van der Waals surface area contributed by atoms with Crippen molar-refractivity contribution < 1.29 is 4.74 Å². The van der Waals surface area contributed by atoms with Gasteiger partial charge in [0.1, 0.15) is 12.4 Å². The maximum atomic E-state index is 11.6. The monoisotopic (exact) mass is 320 g/mol. The molecule has 15 heavy (non-hydrogen) atoms. The molecule has 0 saturated heterocycles. The van der Waals surface area contributed by atoms with Crippen molar-refractivity contribution in [3.05, 3.63) is 25.4 Å². The number of ether oxygens (including phenoxy) is 1. The van der Waals surface area contributed by atoms with E-state index in [1.54, 1.807) is 0 Å². The molecule has 1 aromatic heterocycles. The van der Waals surface area contributed by atoms with Crippen molar-refractivity contribution in [3.8, 4) is 0 Å². The molecule has 0 amide bonds. The fraction of sp³-hybridized carbons (Fsp3) is 0.600. The normalized spacial score (nSPS) is 15.6. The van der Waals surface area contributed by atoms with E-state index in [2.05, 4.69) is 32.6 Å². The molecule has 1 aromatic rings. The van der Waals surface area contributed by atoms with E-state index in [9.17, 15) is 4.79 Å². The summed E-state index contributed by atoms with van der Waals surface area (Å²) in [6.45, 7) is 2.95. The SMILES string of the molecule is CCOCc1nc(C2CC2)c(I)c(=O)[nH]1. The van der Waals surface area contributed by atoms with Crippen molar-refractivity contribution in [2.24, 2.45) is 0 Å². The zero-order valence-corrected chi connectivity index (χ0v) is 10.7. The average Bonchev–Trinajstić information content (AvgIpc) is 3.03. The second-order valence-corrected chi connectivity index (χ2v) is 4.70. The van der Waals surface area contributed by atoms with Gasteiger partial charge in [0, 0.05) is 12.5 Å². The van der Waals surface area contributed by atoms with Gasteiger partial charge in [-0.15, -0.1) is 0 Å². The van der Waals surface area contributed by atoms with Gasteiger partial charge in [0.15, 0.2) is 0 Å². The number of nitrogens with zero attached hydrogens (tertiary/aromatic N) is 1. The lowest BCUT2D eigenvalue weighted by atomic mass is 10.3. The van der Waals surface area contributed by atoms with Crippen LogP contribution in [0.3, 0.4) is 0 Å². The molecule has 1 aliphatic carbocycles. The first-order valence-corrected chi connectivity index (χ1v) is 6.16. The van der Waals surface area contributed by atoms with E-state index in [0.717, 1.165) is 22.1 Å². The lowest BCUT2D eigenvalue weighted by Gasteiger charge is -2.05. The smallest absolute Gasteiger partial charge is 0.264 e. The Morgan fingerprint density at radius 2 is 2.33 bits per heavy atom. The maximum absolute atomic E-state index is 11.6. The van der Waals surface area contributed by atoms with Gasteiger partial charge in [-0.3, -0.25) is 4.79 Å². The quantitative estimate of drug-likeness (QED) is 0.861. The van der Waals surface area contributed by atoms with E-state index >= 15 is 0 Å². The molecule has 1 heterocycles. The number of aromatic nitrogens is 2. The summed E-state index contributed by atoms with van der Waals surface area (Å²) in [6.07, 6.45) is 2.31. The van der Waals surface area contributed by atoms with E-state index in [4.69, 9.17) is 4.74 Å². The van der Waals surface area contributed by atoms with Crippen molar-refractivity contribution in [1.82, 2.24) is 9.97 Å². The van der Waals surface area contributed by atoms with Crippen LogP contribution in [0.1, 0.15) is 37.2 Å². The van der Waals surface area contributed by atoms with Crippen LogP contribution in [0.4, 0.5) is 0 Å². The lowest BCUT2D eigenvalue weighted by Crippen LogP contribution is -2.18. The van der Waals surface area contributed by atoms with Crippen LogP contribution in [-0.4, -0.2) is 16.6 Å². The third-order valence-electron chi connectivity index (χ3n) is 2.34. The van der Waals surface area contributed by atoms with Crippen LogP contribution >= 0.6 is 22.6 Å². The van der Waals surface area contributed by atoms with Crippen molar-refractivity contribution in [3.63, 3.8) is 0 Å². The Bertz CT molecular complexity index is 412. The number of aromatic amines is 1. The molecule has 82 valence electrons. The van der Waals surface area contributed by atoms with Gasteiger partial charge >= 0.3 is 0 Å². The van der Waals surface area contributed by atoms with Crippen LogP contribution < -0.4 is 5.56 Å². The summed E-state index contributed by atoms with van der Waals surface area (Å²) in [6, 6.07) is 0. The summed E-state index contributed by atoms with van der Waals surface area (Å²) in [7, 11) is 0. The Labute approximate surface area is 102 Å². The number of hydrogen-bond donors (Lipinski definition) is 1. The van der Waals surface area contributed by atoms with Crippen molar-refractivity contribution >= 4 is 22.6 Å². The summed E-state index contributed by atoms with van der Waals surface area (Å²) in [4.78, 5) is 18.8. The van der Waals surface area contributed by atoms with Crippen LogP contribution in [-0.2, 0) is 11.3 Å². The molecular weight excluding hydrogens is 307 g/mol. The molecule has 2 rings (SSSR count). The highest BCUT2D eigenvalue weighted by atomic mass is 127. The highest BCUT2D eigenvalue weighted by Crippen LogP contribution is 2.40. The van der Waals surface area contributed by atoms with Crippen molar-refractivity contribution in [1.29, 1.82) is 0 Å². The number of hydrogen-bond acceptors (Lipinski definition) is 3. The minimum Gasteiger partial charge on any atom is -0.374 e.